The predicted octanol–water partition coefficient (Wildman–Crippen LogP) is 6.38. The number of fused-ring (bicyclic) bond motifs is 2. The molecular weight excluding hydrogens is 560 g/mol. The van der Waals surface area contributed by atoms with Crippen LogP contribution >= 0.6 is 35.3 Å². The van der Waals surface area contributed by atoms with E-state index in [1.54, 1.807) is 18.5 Å². The van der Waals surface area contributed by atoms with Gasteiger partial charge in [0.25, 0.3) is 0 Å². The van der Waals surface area contributed by atoms with Crippen LogP contribution in [0.25, 0.3) is 5.65 Å². The van der Waals surface area contributed by atoms with Gasteiger partial charge in [-0.15, -0.1) is 0 Å². The van der Waals surface area contributed by atoms with Gasteiger partial charge in [0.2, 0.25) is 5.95 Å². The molecule has 1 spiro atoms. The van der Waals surface area contributed by atoms with Gasteiger partial charge in [-0.05, 0) is 75.5 Å². The summed E-state index contributed by atoms with van der Waals surface area (Å²) in [5.41, 5.74) is 4.38. The average molecular weight is 598 g/mol. The van der Waals surface area contributed by atoms with Gasteiger partial charge in [-0.2, -0.15) is 0 Å². The number of nitrogens with two attached hydrogens (primary N) is 1. The number of anilines is 2. The molecule has 8 nitrogen and oxygen atoms in total. The van der Waals surface area contributed by atoms with Crippen molar-refractivity contribution in [3.8, 4) is 0 Å². The standard InChI is InChI=1S/C29H35ClN8S2/c1-18-24(39-22-7-11-34-25(32-4)23(22)30)26-35-12-15-38(26)27(36-18)37-13-8-29(9-14-37)17-21-19(6-5-10-33-21)20(29)16-28(2,3)40-31/h5-7,10-12,15,20H,8-9,13-14,16-17,31H2,1-4H3,(H,32,34)/t20-/m1/s1/i4D3. The van der Waals surface area contributed by atoms with E-state index in [1.807, 2.05) is 23.7 Å². The van der Waals surface area contributed by atoms with Crippen molar-refractivity contribution < 1.29 is 4.11 Å². The number of imidazole rings is 1. The molecule has 1 fully saturated rings. The molecule has 6 rings (SSSR count). The molecule has 0 amide bonds. The summed E-state index contributed by atoms with van der Waals surface area (Å²) in [5.74, 6) is 1.41. The SMILES string of the molecule is [2H]C([2H])([2H])Nc1nccc(Sc2c(C)nc(N3CCC4(CC3)Cc3ncccc3[C@H]4CC(C)(C)SN)n3ccnc23)c1Cl. The molecule has 4 aromatic rings. The highest BCUT2D eigenvalue weighted by molar-refractivity contribution is 7.99. The van der Waals surface area contributed by atoms with Crippen molar-refractivity contribution in [3.63, 3.8) is 0 Å². The number of rotatable bonds is 7. The van der Waals surface area contributed by atoms with Crippen molar-refractivity contribution in [1.29, 1.82) is 0 Å². The lowest BCUT2D eigenvalue weighted by Crippen LogP contribution is -2.44. The fourth-order valence-electron chi connectivity index (χ4n) is 6.34. The van der Waals surface area contributed by atoms with E-state index in [1.165, 1.54) is 35.0 Å². The van der Waals surface area contributed by atoms with E-state index in [9.17, 15) is 0 Å². The van der Waals surface area contributed by atoms with Gasteiger partial charge in [-0.25, -0.2) is 15.0 Å². The molecule has 0 unspecified atom stereocenters. The Kier molecular flexibility index (Phi) is 6.45. The molecule has 5 heterocycles. The van der Waals surface area contributed by atoms with E-state index in [0.717, 1.165) is 61.0 Å². The molecule has 3 N–H and O–H groups in total. The number of nitrogens with zero attached hydrogens (tertiary/aromatic N) is 6. The summed E-state index contributed by atoms with van der Waals surface area (Å²) in [6, 6.07) is 6.09. The van der Waals surface area contributed by atoms with Gasteiger partial charge in [0.15, 0.2) is 5.65 Å². The number of nitrogens with one attached hydrogen (secondary N) is 1. The lowest BCUT2D eigenvalue weighted by atomic mass is 9.67. The number of hydrogen-bond donors (Lipinski definition) is 2. The second-order valence-corrected chi connectivity index (χ2v) is 14.1. The van der Waals surface area contributed by atoms with Crippen LogP contribution < -0.4 is 15.4 Å². The fourth-order valence-corrected chi connectivity index (χ4v) is 7.85. The first-order valence-corrected chi connectivity index (χ1v) is 15.5. The minimum atomic E-state index is -2.40. The van der Waals surface area contributed by atoms with Crippen molar-refractivity contribution in [2.45, 2.75) is 66.9 Å². The highest BCUT2D eigenvalue weighted by Crippen LogP contribution is 2.56. The van der Waals surface area contributed by atoms with Crippen molar-refractivity contribution in [3.05, 3.63) is 65.0 Å². The Labute approximate surface area is 253 Å². The van der Waals surface area contributed by atoms with Crippen LogP contribution in [0, 0.1) is 12.3 Å². The molecule has 0 radical (unpaired) electrons. The summed E-state index contributed by atoms with van der Waals surface area (Å²) in [7, 11) is 0. The number of pyridine rings is 2. The molecule has 0 saturated carbocycles. The summed E-state index contributed by atoms with van der Waals surface area (Å²) in [6.45, 7) is 5.81. The molecule has 4 aromatic heterocycles. The van der Waals surface area contributed by atoms with E-state index in [0.29, 0.717) is 10.8 Å². The second-order valence-electron chi connectivity index (χ2n) is 11.3. The molecule has 2 aliphatic rings. The fraction of sp³-hybridized carbons (Fsp3) is 0.448. The van der Waals surface area contributed by atoms with E-state index in [2.05, 4.69) is 41.2 Å². The molecular formula is C29H35ClN8S2. The summed E-state index contributed by atoms with van der Waals surface area (Å²) in [4.78, 5) is 22.6. The van der Waals surface area contributed by atoms with Gasteiger partial charge >= 0.3 is 0 Å². The molecule has 0 aromatic carbocycles. The Morgan fingerprint density at radius 1 is 1.20 bits per heavy atom. The van der Waals surface area contributed by atoms with Crippen LogP contribution in [0.4, 0.5) is 11.8 Å². The molecule has 1 saturated heterocycles. The highest BCUT2D eigenvalue weighted by atomic mass is 35.5. The first kappa shape index (κ1) is 24.1. The second kappa shape index (κ2) is 10.7. The third-order valence-corrected chi connectivity index (χ3v) is 11.0. The minimum absolute atomic E-state index is 0.0251. The molecule has 0 bridgehead atoms. The highest BCUT2D eigenvalue weighted by Gasteiger charge is 2.49. The van der Waals surface area contributed by atoms with Crippen molar-refractivity contribution in [1.82, 2.24) is 24.3 Å². The van der Waals surface area contributed by atoms with Gasteiger partial charge in [0, 0.05) is 64.3 Å². The Bertz CT molecular complexity index is 1650. The molecule has 1 aliphatic heterocycles. The van der Waals surface area contributed by atoms with E-state index >= 15 is 0 Å². The smallest absolute Gasteiger partial charge is 0.211 e. The third-order valence-electron chi connectivity index (χ3n) is 8.46. The molecule has 1 atom stereocenters. The topological polar surface area (TPSA) is 97.3 Å². The molecule has 40 heavy (non-hydrogen) atoms. The Balaban J connectivity index is 1.27. The largest absolute Gasteiger partial charge is 0.372 e. The van der Waals surface area contributed by atoms with Crippen LogP contribution in [-0.4, -0.2) is 49.1 Å². The van der Waals surface area contributed by atoms with Crippen LogP contribution in [0.2, 0.25) is 5.02 Å². The Hall–Kier alpha value is -2.53. The average Bonchev–Trinajstić information content (AvgIpc) is 3.55. The molecule has 210 valence electrons. The number of halogens is 1. The number of aryl methyl sites for hydroxylation is 1. The molecule has 1 aliphatic carbocycles. The van der Waals surface area contributed by atoms with Gasteiger partial charge in [0.05, 0.1) is 15.6 Å². The number of aromatic nitrogens is 5. The zero-order valence-electron chi connectivity index (χ0n) is 25.8. The van der Waals surface area contributed by atoms with Gasteiger partial charge in [-0.3, -0.25) is 14.5 Å². The summed E-state index contributed by atoms with van der Waals surface area (Å²) < 4.78 is 24.6. The van der Waals surface area contributed by atoms with Gasteiger partial charge in [-0.1, -0.05) is 41.4 Å². The van der Waals surface area contributed by atoms with Crippen LogP contribution in [0.3, 0.4) is 0 Å². The van der Waals surface area contributed by atoms with Crippen LogP contribution in [0.15, 0.2) is 52.8 Å². The van der Waals surface area contributed by atoms with Crippen LogP contribution in [0.5, 0.6) is 0 Å². The summed E-state index contributed by atoms with van der Waals surface area (Å²) in [5, 5.41) is 8.77. The maximum absolute atomic E-state index is 7.52. The predicted molar refractivity (Wildman–Crippen MR) is 166 cm³/mol. The van der Waals surface area contributed by atoms with Crippen molar-refractivity contribution >= 4 is 52.7 Å². The van der Waals surface area contributed by atoms with Gasteiger partial charge < -0.3 is 10.2 Å². The van der Waals surface area contributed by atoms with Crippen molar-refractivity contribution in [2.75, 3.05) is 30.3 Å². The van der Waals surface area contributed by atoms with Crippen molar-refractivity contribution in [2.24, 2.45) is 10.6 Å². The zero-order chi connectivity index (χ0) is 30.6. The minimum Gasteiger partial charge on any atom is -0.372 e. The van der Waals surface area contributed by atoms with Gasteiger partial charge in [0.1, 0.15) is 5.82 Å². The lowest BCUT2D eigenvalue weighted by molar-refractivity contribution is 0.170. The quantitative estimate of drug-likeness (QED) is 0.235. The number of hydrogen-bond acceptors (Lipinski definition) is 9. The maximum Gasteiger partial charge on any atom is 0.211 e. The lowest BCUT2D eigenvalue weighted by Gasteiger charge is -2.45. The zero-order valence-corrected chi connectivity index (χ0v) is 25.2. The van der Waals surface area contributed by atoms with E-state index in [-0.39, 0.29) is 21.0 Å². The Morgan fingerprint density at radius 2 is 2.02 bits per heavy atom. The normalized spacial score (nSPS) is 19.9. The maximum atomic E-state index is 7.52. The van der Waals surface area contributed by atoms with Crippen LogP contribution in [0.1, 0.15) is 60.1 Å². The summed E-state index contributed by atoms with van der Waals surface area (Å²) >= 11 is 9.44. The monoisotopic (exact) mass is 597 g/mol. The van der Waals surface area contributed by atoms with Crippen LogP contribution in [-0.2, 0) is 6.42 Å². The summed E-state index contributed by atoms with van der Waals surface area (Å²) in [6.07, 6.45) is 11.3. The number of piperidine rings is 1. The Morgan fingerprint density at radius 3 is 2.80 bits per heavy atom. The third kappa shape index (κ3) is 4.82. The first-order chi connectivity index (χ1) is 20.4. The molecule has 11 heteroatoms. The first-order valence-electron chi connectivity index (χ1n) is 14.9. The van der Waals surface area contributed by atoms with E-state index in [4.69, 9.17) is 35.8 Å². The van der Waals surface area contributed by atoms with E-state index < -0.39 is 6.98 Å².